The van der Waals surface area contributed by atoms with Gasteiger partial charge in [0.1, 0.15) is 11.5 Å². The smallest absolute Gasteiger partial charge is 0.227 e. The van der Waals surface area contributed by atoms with Gasteiger partial charge in [-0.2, -0.15) is 16.3 Å². The van der Waals surface area contributed by atoms with Gasteiger partial charge in [-0.1, -0.05) is 5.16 Å². The zero-order valence-electron chi connectivity index (χ0n) is 15.7. The molecular weight excluding hydrogens is 388 g/mol. The predicted octanol–water partition coefficient (Wildman–Crippen LogP) is 4.87. The summed E-state index contributed by atoms with van der Waals surface area (Å²) in [4.78, 5) is 20.6. The molecule has 4 aromatic rings. The number of hydrogen-bond acceptors (Lipinski definition) is 7. The van der Waals surface area contributed by atoms with Crippen molar-refractivity contribution in [1.82, 2.24) is 15.1 Å². The van der Waals surface area contributed by atoms with E-state index in [1.54, 1.807) is 29.8 Å². The number of nitrogens with zero attached hydrogens (tertiary/aromatic N) is 3. The molecule has 0 atom stereocenters. The van der Waals surface area contributed by atoms with Crippen LogP contribution in [0.5, 0.6) is 11.5 Å². The molecule has 146 valence electrons. The second-order valence-corrected chi connectivity index (χ2v) is 7.12. The molecule has 7 nitrogen and oxygen atoms in total. The van der Waals surface area contributed by atoms with Crippen LogP contribution in [0.15, 0.2) is 64.1 Å². The molecule has 0 fully saturated rings. The minimum Gasteiger partial charge on any atom is -0.455 e. The summed E-state index contributed by atoms with van der Waals surface area (Å²) >= 11 is 1.57. The highest BCUT2D eigenvalue weighted by atomic mass is 32.1. The van der Waals surface area contributed by atoms with E-state index >= 15 is 0 Å². The van der Waals surface area contributed by atoms with Gasteiger partial charge >= 0.3 is 0 Å². The lowest BCUT2D eigenvalue weighted by molar-refractivity contribution is -0.116. The molecule has 0 spiro atoms. The number of pyridine rings is 1. The Balaban J connectivity index is 1.32. The number of rotatable bonds is 7. The molecule has 0 aliphatic heterocycles. The van der Waals surface area contributed by atoms with Crippen molar-refractivity contribution in [2.24, 2.45) is 0 Å². The topological polar surface area (TPSA) is 90.1 Å². The summed E-state index contributed by atoms with van der Waals surface area (Å²) in [6.45, 7) is 1.92. The maximum absolute atomic E-state index is 12.3. The standard InChI is InChI=1S/C21H18N4O3S/c1-14-11-16(4-5-18(14)27-17-3-2-9-22-12-17)23-19(26)6-7-20-24-21(25-28-20)15-8-10-29-13-15/h2-5,8-13H,6-7H2,1H3,(H,23,26). The first kappa shape index (κ1) is 18.8. The quantitative estimate of drug-likeness (QED) is 0.471. The summed E-state index contributed by atoms with van der Waals surface area (Å²) in [5, 5.41) is 10.7. The van der Waals surface area contributed by atoms with E-state index in [1.807, 2.05) is 48.0 Å². The second kappa shape index (κ2) is 8.66. The number of thiophene rings is 1. The largest absolute Gasteiger partial charge is 0.455 e. The third-order valence-corrected chi connectivity index (χ3v) is 4.82. The fourth-order valence-corrected chi connectivity index (χ4v) is 3.32. The van der Waals surface area contributed by atoms with Crippen molar-refractivity contribution in [3.8, 4) is 22.9 Å². The lowest BCUT2D eigenvalue weighted by Crippen LogP contribution is -2.12. The van der Waals surface area contributed by atoms with Gasteiger partial charge in [-0.15, -0.1) is 0 Å². The fraction of sp³-hybridized carbons (Fsp3) is 0.143. The van der Waals surface area contributed by atoms with E-state index in [2.05, 4.69) is 20.4 Å². The predicted molar refractivity (Wildman–Crippen MR) is 110 cm³/mol. The van der Waals surface area contributed by atoms with Gasteiger partial charge in [0.05, 0.1) is 6.20 Å². The van der Waals surface area contributed by atoms with Gasteiger partial charge in [0.25, 0.3) is 0 Å². The number of aryl methyl sites for hydroxylation is 2. The van der Waals surface area contributed by atoms with E-state index in [9.17, 15) is 4.79 Å². The highest BCUT2D eigenvalue weighted by molar-refractivity contribution is 7.08. The van der Waals surface area contributed by atoms with Gasteiger partial charge in [-0.25, -0.2) is 0 Å². The number of anilines is 1. The summed E-state index contributed by atoms with van der Waals surface area (Å²) in [7, 11) is 0. The van der Waals surface area contributed by atoms with Crippen molar-refractivity contribution >= 4 is 22.9 Å². The van der Waals surface area contributed by atoms with Gasteiger partial charge in [0.2, 0.25) is 17.6 Å². The van der Waals surface area contributed by atoms with Crippen LogP contribution >= 0.6 is 11.3 Å². The van der Waals surface area contributed by atoms with E-state index < -0.39 is 0 Å². The van der Waals surface area contributed by atoms with Crippen molar-refractivity contribution in [2.75, 3.05) is 5.32 Å². The molecule has 0 unspecified atom stereocenters. The van der Waals surface area contributed by atoms with Crippen LogP contribution in [0.2, 0.25) is 0 Å². The molecule has 0 bridgehead atoms. The molecule has 1 amide bonds. The Labute approximate surface area is 171 Å². The average molecular weight is 406 g/mol. The number of ether oxygens (including phenoxy) is 1. The van der Waals surface area contributed by atoms with Crippen LogP contribution in [0.25, 0.3) is 11.4 Å². The number of benzene rings is 1. The summed E-state index contributed by atoms with van der Waals surface area (Å²) in [5.74, 6) is 2.23. The highest BCUT2D eigenvalue weighted by Crippen LogP contribution is 2.27. The van der Waals surface area contributed by atoms with Crippen LogP contribution in [-0.2, 0) is 11.2 Å². The van der Waals surface area contributed by atoms with E-state index in [1.165, 1.54) is 0 Å². The van der Waals surface area contributed by atoms with Crippen molar-refractivity contribution in [1.29, 1.82) is 0 Å². The zero-order chi connectivity index (χ0) is 20.1. The first-order valence-corrected chi connectivity index (χ1v) is 9.95. The molecular formula is C21H18N4O3S. The van der Waals surface area contributed by atoms with Gasteiger partial charge in [-0.05, 0) is 54.3 Å². The fourth-order valence-electron chi connectivity index (χ4n) is 2.69. The number of amides is 1. The maximum atomic E-state index is 12.3. The molecule has 3 aromatic heterocycles. The molecule has 1 N–H and O–H groups in total. The molecule has 4 rings (SSSR count). The highest BCUT2D eigenvalue weighted by Gasteiger charge is 2.12. The van der Waals surface area contributed by atoms with E-state index in [0.29, 0.717) is 35.3 Å². The molecule has 0 aliphatic rings. The minimum atomic E-state index is -0.124. The summed E-state index contributed by atoms with van der Waals surface area (Å²) in [6.07, 6.45) is 3.97. The monoisotopic (exact) mass is 406 g/mol. The minimum absolute atomic E-state index is 0.124. The Morgan fingerprint density at radius 2 is 2.21 bits per heavy atom. The third-order valence-electron chi connectivity index (χ3n) is 4.13. The normalized spacial score (nSPS) is 10.7. The Kier molecular flexibility index (Phi) is 5.62. The number of hydrogen-bond donors (Lipinski definition) is 1. The van der Waals surface area contributed by atoms with Crippen molar-refractivity contribution < 1.29 is 14.1 Å². The van der Waals surface area contributed by atoms with Gasteiger partial charge in [-0.3, -0.25) is 9.78 Å². The van der Waals surface area contributed by atoms with Gasteiger partial charge in [0.15, 0.2) is 0 Å². The van der Waals surface area contributed by atoms with E-state index in [4.69, 9.17) is 9.26 Å². The second-order valence-electron chi connectivity index (χ2n) is 6.34. The summed E-state index contributed by atoms with van der Waals surface area (Å²) < 4.78 is 11.0. The Hall–Kier alpha value is -3.52. The average Bonchev–Trinajstić information content (AvgIpc) is 3.41. The summed E-state index contributed by atoms with van der Waals surface area (Å²) in [5.41, 5.74) is 2.53. The Morgan fingerprint density at radius 1 is 1.28 bits per heavy atom. The number of carbonyl (C=O) groups is 1. The molecule has 0 saturated heterocycles. The molecule has 0 radical (unpaired) electrons. The zero-order valence-corrected chi connectivity index (χ0v) is 16.5. The van der Waals surface area contributed by atoms with E-state index in [-0.39, 0.29) is 12.3 Å². The lowest BCUT2D eigenvalue weighted by Gasteiger charge is -2.11. The number of nitrogens with one attached hydrogen (secondary N) is 1. The van der Waals surface area contributed by atoms with Crippen molar-refractivity contribution in [3.05, 3.63) is 71.0 Å². The lowest BCUT2D eigenvalue weighted by atomic mass is 10.2. The van der Waals surface area contributed by atoms with Crippen LogP contribution in [-0.4, -0.2) is 21.0 Å². The molecule has 0 saturated carbocycles. The van der Waals surface area contributed by atoms with Gasteiger partial charge in [0, 0.05) is 35.7 Å². The molecule has 3 heterocycles. The Bertz CT molecular complexity index is 1090. The first-order chi connectivity index (χ1) is 14.2. The van der Waals surface area contributed by atoms with Gasteiger partial charge < -0.3 is 14.6 Å². The van der Waals surface area contributed by atoms with Crippen LogP contribution in [0.3, 0.4) is 0 Å². The number of carbonyl (C=O) groups excluding carboxylic acids is 1. The van der Waals surface area contributed by atoms with Crippen LogP contribution < -0.4 is 10.1 Å². The molecule has 8 heteroatoms. The van der Waals surface area contributed by atoms with Crippen LogP contribution in [0, 0.1) is 6.92 Å². The summed E-state index contributed by atoms with van der Waals surface area (Å²) in [6, 6.07) is 11.1. The van der Waals surface area contributed by atoms with E-state index in [0.717, 1.165) is 11.1 Å². The number of aromatic nitrogens is 3. The van der Waals surface area contributed by atoms with Crippen LogP contribution in [0.4, 0.5) is 5.69 Å². The molecule has 0 aliphatic carbocycles. The van der Waals surface area contributed by atoms with Crippen molar-refractivity contribution in [3.63, 3.8) is 0 Å². The first-order valence-electron chi connectivity index (χ1n) is 9.01. The molecule has 29 heavy (non-hydrogen) atoms. The van der Waals surface area contributed by atoms with Crippen molar-refractivity contribution in [2.45, 2.75) is 19.8 Å². The maximum Gasteiger partial charge on any atom is 0.227 e. The van der Waals surface area contributed by atoms with Crippen LogP contribution in [0.1, 0.15) is 17.9 Å². The molecule has 1 aromatic carbocycles. The third kappa shape index (κ3) is 4.85. The Morgan fingerprint density at radius 3 is 2.97 bits per heavy atom. The SMILES string of the molecule is Cc1cc(NC(=O)CCc2nc(-c3ccsc3)no2)ccc1Oc1cccnc1.